The zero-order chi connectivity index (χ0) is 16.3. The number of sulfonamides is 1. The molecule has 1 unspecified atom stereocenters. The summed E-state index contributed by atoms with van der Waals surface area (Å²) in [5, 5.41) is 0. The molecule has 1 heterocycles. The zero-order valence-corrected chi connectivity index (χ0v) is 13.3. The largest absolute Gasteiger partial charge is 0.497 e. The molecule has 0 amide bonds. The summed E-state index contributed by atoms with van der Waals surface area (Å²) < 4.78 is 36.5. The van der Waals surface area contributed by atoms with Crippen molar-refractivity contribution in [3.05, 3.63) is 48.4 Å². The molecule has 1 aliphatic rings. The molecule has 2 rings (SSSR count). The van der Waals surface area contributed by atoms with Gasteiger partial charge in [-0.2, -0.15) is 0 Å². The van der Waals surface area contributed by atoms with Crippen LogP contribution in [0.1, 0.15) is 13.8 Å². The molecule has 0 radical (unpaired) electrons. The second kappa shape index (κ2) is 6.23. The van der Waals surface area contributed by atoms with Gasteiger partial charge < -0.3 is 9.47 Å². The van der Waals surface area contributed by atoms with E-state index in [-0.39, 0.29) is 16.7 Å². The van der Waals surface area contributed by atoms with Crippen LogP contribution in [0.5, 0.6) is 5.75 Å². The molecule has 22 heavy (non-hydrogen) atoms. The molecule has 0 bridgehead atoms. The van der Waals surface area contributed by atoms with Gasteiger partial charge in [0.15, 0.2) is 0 Å². The average Bonchev–Trinajstić information content (AvgIpc) is 2.48. The van der Waals surface area contributed by atoms with Gasteiger partial charge in [0.25, 0.3) is 10.0 Å². The molecule has 0 saturated heterocycles. The molecule has 0 aromatic heterocycles. The highest BCUT2D eigenvalue weighted by Crippen LogP contribution is 2.25. The summed E-state index contributed by atoms with van der Waals surface area (Å²) in [6.07, 6.45) is 4.54. The molecule has 0 saturated carbocycles. The van der Waals surface area contributed by atoms with Crippen molar-refractivity contribution in [2.75, 3.05) is 7.11 Å². The van der Waals surface area contributed by atoms with Gasteiger partial charge in [0.05, 0.1) is 24.2 Å². The quantitative estimate of drug-likeness (QED) is 0.793. The van der Waals surface area contributed by atoms with Crippen LogP contribution in [0.3, 0.4) is 0 Å². The van der Waals surface area contributed by atoms with Crippen molar-refractivity contribution in [1.29, 1.82) is 0 Å². The Balaban J connectivity index is 2.35. The Morgan fingerprint density at radius 1 is 1.23 bits per heavy atom. The standard InChI is InChI=1S/C15H17NO5S/c1-11-4-5-14(21-12(2)17)10-16(11)22(18,19)15-8-6-13(20-3)7-9-15/h4-11H,1-3H3. The van der Waals surface area contributed by atoms with Gasteiger partial charge in [-0.15, -0.1) is 0 Å². The fourth-order valence-electron chi connectivity index (χ4n) is 1.99. The van der Waals surface area contributed by atoms with E-state index in [1.807, 2.05) is 0 Å². The van der Waals surface area contributed by atoms with Crippen molar-refractivity contribution in [1.82, 2.24) is 4.31 Å². The summed E-state index contributed by atoms with van der Waals surface area (Å²) in [6, 6.07) is 5.71. The van der Waals surface area contributed by atoms with Crippen molar-refractivity contribution < 1.29 is 22.7 Å². The summed E-state index contributed by atoms with van der Waals surface area (Å²) >= 11 is 0. The fourth-order valence-corrected chi connectivity index (χ4v) is 3.46. The van der Waals surface area contributed by atoms with Crippen molar-refractivity contribution >= 4 is 16.0 Å². The smallest absolute Gasteiger partial charge is 0.308 e. The highest BCUT2D eigenvalue weighted by Gasteiger charge is 2.28. The maximum atomic E-state index is 12.7. The summed E-state index contributed by atoms with van der Waals surface area (Å²) in [4.78, 5) is 11.1. The number of esters is 1. The van der Waals surface area contributed by atoms with Gasteiger partial charge in [-0.05, 0) is 37.3 Å². The number of nitrogens with zero attached hydrogens (tertiary/aromatic N) is 1. The summed E-state index contributed by atoms with van der Waals surface area (Å²) in [7, 11) is -2.24. The molecule has 6 nitrogen and oxygen atoms in total. The zero-order valence-electron chi connectivity index (χ0n) is 12.5. The third-order valence-electron chi connectivity index (χ3n) is 3.09. The number of rotatable bonds is 4. The number of hydrogen-bond donors (Lipinski definition) is 0. The van der Waals surface area contributed by atoms with Gasteiger partial charge in [0.2, 0.25) is 0 Å². The SMILES string of the molecule is COc1ccc(S(=O)(=O)N2C=C(OC(C)=O)C=CC2C)cc1. The molecule has 0 spiro atoms. The third-order valence-corrected chi connectivity index (χ3v) is 4.95. The van der Waals surface area contributed by atoms with Crippen LogP contribution < -0.4 is 4.74 Å². The van der Waals surface area contributed by atoms with E-state index in [2.05, 4.69) is 0 Å². The molecule has 1 aromatic carbocycles. The van der Waals surface area contributed by atoms with E-state index in [4.69, 9.17) is 9.47 Å². The van der Waals surface area contributed by atoms with Crippen molar-refractivity contribution in [2.45, 2.75) is 24.8 Å². The van der Waals surface area contributed by atoms with Crippen LogP contribution in [0.2, 0.25) is 0 Å². The second-order valence-corrected chi connectivity index (χ2v) is 6.58. The van der Waals surface area contributed by atoms with Crippen LogP contribution in [-0.2, 0) is 19.6 Å². The molecule has 1 aromatic rings. The van der Waals surface area contributed by atoms with Crippen LogP contribution in [0.15, 0.2) is 53.3 Å². The maximum absolute atomic E-state index is 12.7. The van der Waals surface area contributed by atoms with E-state index < -0.39 is 16.0 Å². The lowest BCUT2D eigenvalue weighted by Crippen LogP contribution is -2.35. The van der Waals surface area contributed by atoms with Crippen LogP contribution in [0.4, 0.5) is 0 Å². The normalized spacial score (nSPS) is 17.9. The first kappa shape index (κ1) is 16.1. The average molecular weight is 323 g/mol. The third kappa shape index (κ3) is 3.30. The van der Waals surface area contributed by atoms with E-state index in [0.717, 1.165) is 4.31 Å². The first-order valence-corrected chi connectivity index (χ1v) is 8.04. The summed E-state index contributed by atoms with van der Waals surface area (Å²) in [5.74, 6) is 0.247. The minimum Gasteiger partial charge on any atom is -0.497 e. The summed E-state index contributed by atoms with van der Waals surface area (Å²) in [5.41, 5.74) is 0. The van der Waals surface area contributed by atoms with E-state index in [0.29, 0.717) is 5.75 Å². The molecule has 1 aliphatic heterocycles. The molecular weight excluding hydrogens is 306 g/mol. The summed E-state index contributed by atoms with van der Waals surface area (Å²) in [6.45, 7) is 2.99. The number of benzene rings is 1. The van der Waals surface area contributed by atoms with E-state index in [9.17, 15) is 13.2 Å². The Labute approximate surface area is 129 Å². The number of ether oxygens (including phenoxy) is 2. The predicted octanol–water partition coefficient (Wildman–Crippen LogP) is 2.05. The number of carbonyl (C=O) groups excluding carboxylic acids is 1. The van der Waals surface area contributed by atoms with Gasteiger partial charge in [-0.25, -0.2) is 8.42 Å². The van der Waals surface area contributed by atoms with Crippen LogP contribution >= 0.6 is 0 Å². The molecule has 1 atom stereocenters. The lowest BCUT2D eigenvalue weighted by molar-refractivity contribution is -0.136. The molecule has 118 valence electrons. The predicted molar refractivity (Wildman–Crippen MR) is 80.5 cm³/mol. The van der Waals surface area contributed by atoms with Gasteiger partial charge in [-0.1, -0.05) is 6.08 Å². The molecule has 7 heteroatoms. The second-order valence-electron chi connectivity index (χ2n) is 4.74. The molecule has 0 fully saturated rings. The van der Waals surface area contributed by atoms with E-state index in [1.165, 1.54) is 32.4 Å². The lowest BCUT2D eigenvalue weighted by atomic mass is 10.2. The first-order valence-electron chi connectivity index (χ1n) is 6.60. The lowest BCUT2D eigenvalue weighted by Gasteiger charge is -2.28. The minimum atomic E-state index is -3.75. The monoisotopic (exact) mass is 323 g/mol. The van der Waals surface area contributed by atoms with Crippen molar-refractivity contribution in [3.63, 3.8) is 0 Å². The van der Waals surface area contributed by atoms with Crippen LogP contribution in [0, 0.1) is 0 Å². The highest BCUT2D eigenvalue weighted by molar-refractivity contribution is 7.89. The molecule has 0 aliphatic carbocycles. The van der Waals surface area contributed by atoms with Crippen molar-refractivity contribution in [3.8, 4) is 5.75 Å². The Hall–Kier alpha value is -2.28. The van der Waals surface area contributed by atoms with Crippen molar-refractivity contribution in [2.24, 2.45) is 0 Å². The van der Waals surface area contributed by atoms with Gasteiger partial charge in [-0.3, -0.25) is 9.10 Å². The minimum absolute atomic E-state index is 0.133. The Bertz CT molecular complexity index is 719. The van der Waals surface area contributed by atoms with Gasteiger partial charge in [0.1, 0.15) is 11.5 Å². The van der Waals surface area contributed by atoms with Gasteiger partial charge in [0, 0.05) is 6.92 Å². The van der Waals surface area contributed by atoms with Crippen LogP contribution in [-0.4, -0.2) is 31.8 Å². The fraction of sp³-hybridized carbons (Fsp3) is 0.267. The number of hydrogen-bond acceptors (Lipinski definition) is 5. The Kier molecular flexibility index (Phi) is 4.56. The number of allylic oxidation sites excluding steroid dienone is 1. The highest BCUT2D eigenvalue weighted by atomic mass is 32.2. The van der Waals surface area contributed by atoms with E-state index >= 15 is 0 Å². The Morgan fingerprint density at radius 3 is 2.41 bits per heavy atom. The topological polar surface area (TPSA) is 72.9 Å². The van der Waals surface area contributed by atoms with Gasteiger partial charge >= 0.3 is 5.97 Å². The Morgan fingerprint density at radius 2 is 1.86 bits per heavy atom. The number of methoxy groups -OCH3 is 1. The van der Waals surface area contributed by atoms with E-state index in [1.54, 1.807) is 31.2 Å². The maximum Gasteiger partial charge on any atom is 0.308 e. The number of carbonyl (C=O) groups is 1. The van der Waals surface area contributed by atoms with Crippen LogP contribution in [0.25, 0.3) is 0 Å². The molecular formula is C15H17NO5S. The molecule has 0 N–H and O–H groups in total. The first-order chi connectivity index (χ1) is 10.3.